The van der Waals surface area contributed by atoms with Gasteiger partial charge in [0.1, 0.15) is 6.04 Å². The number of carboxylic acids is 1. The Kier molecular flexibility index (Phi) is 6.62. The Morgan fingerprint density at radius 2 is 1.50 bits per heavy atom. The van der Waals surface area contributed by atoms with Gasteiger partial charge in [0.05, 0.1) is 18.7 Å². The van der Waals surface area contributed by atoms with E-state index in [1.807, 2.05) is 0 Å². The minimum absolute atomic E-state index is 0.0267. The molecule has 4 aromatic rings. The summed E-state index contributed by atoms with van der Waals surface area (Å²) in [6, 6.07) is 7.93. The van der Waals surface area contributed by atoms with Crippen LogP contribution in [0.2, 0.25) is 0 Å². The van der Waals surface area contributed by atoms with E-state index in [0.717, 1.165) is 7.11 Å². The number of aromatic nitrogens is 1. The standard InChI is InChI=1S/C26H17F5N2O6S/c1-39-26(36)12-8-6-11(7-9-12)23-22-14(13-4-2-3-5-15(13)32-22)10-16(25(34)35)33(23)40(37,38)24-20(30)18(28)17(27)19(29)21(24)31/h2-9,16,23,32H,10H2,1H3,(H,34,35)/t16-,23+/m1/s1. The molecule has 0 spiro atoms. The zero-order valence-corrected chi connectivity index (χ0v) is 21.0. The molecule has 0 bridgehead atoms. The lowest BCUT2D eigenvalue weighted by atomic mass is 9.90. The summed E-state index contributed by atoms with van der Waals surface area (Å²) in [5.41, 5.74) is 1.02. The fourth-order valence-corrected chi connectivity index (χ4v) is 6.76. The lowest BCUT2D eigenvalue weighted by molar-refractivity contribution is -0.142. The normalized spacial score (nSPS) is 17.6. The van der Waals surface area contributed by atoms with Gasteiger partial charge < -0.3 is 14.8 Å². The number of carbonyl (C=O) groups excluding carboxylic acids is 1. The van der Waals surface area contributed by atoms with E-state index in [-0.39, 0.29) is 21.1 Å². The maximum Gasteiger partial charge on any atom is 0.337 e. The second-order valence-corrected chi connectivity index (χ2v) is 10.7. The van der Waals surface area contributed by atoms with Crippen molar-refractivity contribution in [1.82, 2.24) is 9.29 Å². The molecule has 0 saturated carbocycles. The summed E-state index contributed by atoms with van der Waals surface area (Å²) in [6.07, 6.45) is -0.500. The Bertz CT molecular complexity index is 1780. The first kappa shape index (κ1) is 27.3. The van der Waals surface area contributed by atoms with Crippen molar-refractivity contribution in [3.8, 4) is 0 Å². The Labute approximate surface area is 222 Å². The van der Waals surface area contributed by atoms with Gasteiger partial charge in [-0.05, 0) is 29.3 Å². The highest BCUT2D eigenvalue weighted by Crippen LogP contribution is 2.45. The van der Waals surface area contributed by atoms with Gasteiger partial charge in [-0.3, -0.25) is 4.79 Å². The van der Waals surface area contributed by atoms with Crippen LogP contribution in [0.4, 0.5) is 22.0 Å². The number of ether oxygens (including phenoxy) is 1. The van der Waals surface area contributed by atoms with Gasteiger partial charge in [0, 0.05) is 23.0 Å². The van der Waals surface area contributed by atoms with Crippen LogP contribution in [0.3, 0.4) is 0 Å². The monoisotopic (exact) mass is 580 g/mol. The average molecular weight is 580 g/mol. The molecule has 0 amide bonds. The van der Waals surface area contributed by atoms with Gasteiger partial charge in [0.2, 0.25) is 5.82 Å². The summed E-state index contributed by atoms with van der Waals surface area (Å²) >= 11 is 0. The highest BCUT2D eigenvalue weighted by molar-refractivity contribution is 7.89. The Balaban J connectivity index is 1.83. The number of carbonyl (C=O) groups is 2. The van der Waals surface area contributed by atoms with Crippen LogP contribution in [0.5, 0.6) is 0 Å². The molecule has 1 aliphatic heterocycles. The van der Waals surface area contributed by atoms with Crippen molar-refractivity contribution >= 4 is 32.9 Å². The molecule has 3 aromatic carbocycles. The van der Waals surface area contributed by atoms with Crippen LogP contribution < -0.4 is 0 Å². The maximum absolute atomic E-state index is 14.8. The van der Waals surface area contributed by atoms with Crippen molar-refractivity contribution in [3.05, 3.63) is 100 Å². The molecular formula is C26H17F5N2O6S. The number of aliphatic carboxylic acids is 1. The third kappa shape index (κ3) is 4.02. The predicted molar refractivity (Wildman–Crippen MR) is 128 cm³/mol. The van der Waals surface area contributed by atoms with Crippen LogP contribution in [0.15, 0.2) is 53.4 Å². The SMILES string of the molecule is COC(=O)c1ccc([C@H]2c3[nH]c4ccccc4c3C[C@H](C(=O)O)N2S(=O)(=O)c2c(F)c(F)c(F)c(F)c2F)cc1. The number of H-pyrrole nitrogens is 1. The summed E-state index contributed by atoms with van der Waals surface area (Å²) in [4.78, 5) is 25.2. The highest BCUT2D eigenvalue weighted by atomic mass is 32.2. The molecule has 0 aliphatic carbocycles. The average Bonchev–Trinajstić information content (AvgIpc) is 3.32. The second-order valence-electron chi connectivity index (χ2n) is 8.87. The van der Waals surface area contributed by atoms with Crippen molar-refractivity contribution in [2.24, 2.45) is 0 Å². The molecule has 0 unspecified atom stereocenters. The van der Waals surface area contributed by atoms with Crippen LogP contribution >= 0.6 is 0 Å². The van der Waals surface area contributed by atoms with E-state index in [1.165, 1.54) is 24.3 Å². The molecule has 2 N–H and O–H groups in total. The van der Waals surface area contributed by atoms with E-state index in [0.29, 0.717) is 16.5 Å². The van der Waals surface area contributed by atoms with Gasteiger partial charge in [-0.25, -0.2) is 35.2 Å². The van der Waals surface area contributed by atoms with E-state index in [1.54, 1.807) is 24.3 Å². The Morgan fingerprint density at radius 1 is 0.925 bits per heavy atom. The number of nitrogens with zero attached hydrogens (tertiary/aromatic N) is 1. The van der Waals surface area contributed by atoms with Crippen molar-refractivity contribution in [2.45, 2.75) is 23.4 Å². The molecule has 14 heteroatoms. The minimum Gasteiger partial charge on any atom is -0.480 e. The van der Waals surface area contributed by atoms with Gasteiger partial charge in [0.15, 0.2) is 28.2 Å². The van der Waals surface area contributed by atoms with E-state index in [4.69, 9.17) is 0 Å². The molecule has 1 aliphatic rings. The number of para-hydroxylation sites is 1. The van der Waals surface area contributed by atoms with Crippen molar-refractivity contribution in [2.75, 3.05) is 7.11 Å². The first-order valence-electron chi connectivity index (χ1n) is 11.5. The third-order valence-electron chi connectivity index (χ3n) is 6.72. The Morgan fingerprint density at radius 3 is 2.08 bits per heavy atom. The van der Waals surface area contributed by atoms with Gasteiger partial charge >= 0.3 is 11.9 Å². The number of hydrogen-bond donors (Lipinski definition) is 2. The van der Waals surface area contributed by atoms with E-state index in [2.05, 4.69) is 9.72 Å². The first-order chi connectivity index (χ1) is 18.9. The summed E-state index contributed by atoms with van der Waals surface area (Å²) in [7, 11) is -4.61. The largest absolute Gasteiger partial charge is 0.480 e. The third-order valence-corrected chi connectivity index (χ3v) is 8.61. The van der Waals surface area contributed by atoms with Gasteiger partial charge in [-0.1, -0.05) is 30.3 Å². The molecule has 5 rings (SSSR count). The molecular weight excluding hydrogens is 563 g/mol. The lowest BCUT2D eigenvalue weighted by Gasteiger charge is -2.39. The second kappa shape index (κ2) is 9.71. The Hall–Kier alpha value is -4.30. The zero-order chi connectivity index (χ0) is 29.1. The van der Waals surface area contributed by atoms with Gasteiger partial charge in [-0.15, -0.1) is 0 Å². The minimum atomic E-state index is -5.74. The number of sulfonamides is 1. The first-order valence-corrected chi connectivity index (χ1v) is 12.9. The summed E-state index contributed by atoms with van der Waals surface area (Å²) in [6.45, 7) is 0. The molecule has 0 fully saturated rings. The fraction of sp³-hybridized carbons (Fsp3) is 0.154. The van der Waals surface area contributed by atoms with E-state index < -0.39 is 74.4 Å². The molecule has 208 valence electrons. The molecule has 1 aromatic heterocycles. The number of hydrogen-bond acceptors (Lipinski definition) is 5. The zero-order valence-electron chi connectivity index (χ0n) is 20.2. The molecule has 8 nitrogen and oxygen atoms in total. The molecule has 0 radical (unpaired) electrons. The quantitative estimate of drug-likeness (QED) is 0.156. The number of fused-ring (bicyclic) bond motifs is 3. The number of nitrogens with one attached hydrogen (secondary N) is 1. The van der Waals surface area contributed by atoms with Gasteiger partial charge in [0.25, 0.3) is 10.0 Å². The summed E-state index contributed by atoms with van der Waals surface area (Å²) in [5, 5.41) is 10.6. The number of halogens is 5. The van der Waals surface area contributed by atoms with Crippen LogP contribution in [-0.4, -0.2) is 47.9 Å². The number of aromatic amines is 1. The van der Waals surface area contributed by atoms with Crippen LogP contribution in [0.1, 0.15) is 33.2 Å². The van der Waals surface area contributed by atoms with Crippen LogP contribution in [0.25, 0.3) is 10.9 Å². The number of carboxylic acid groups (broad SMARTS) is 1. The summed E-state index contributed by atoms with van der Waals surface area (Å²) in [5.74, 6) is -15.3. The number of rotatable bonds is 5. The van der Waals surface area contributed by atoms with Crippen LogP contribution in [0, 0.1) is 29.1 Å². The van der Waals surface area contributed by atoms with Crippen molar-refractivity contribution in [3.63, 3.8) is 0 Å². The van der Waals surface area contributed by atoms with Crippen molar-refractivity contribution in [1.29, 1.82) is 0 Å². The topological polar surface area (TPSA) is 117 Å². The molecule has 2 atom stereocenters. The fourth-order valence-electron chi connectivity index (χ4n) is 4.92. The highest BCUT2D eigenvalue weighted by Gasteiger charge is 2.50. The smallest absolute Gasteiger partial charge is 0.337 e. The van der Waals surface area contributed by atoms with Gasteiger partial charge in [-0.2, -0.15) is 4.31 Å². The molecule has 40 heavy (non-hydrogen) atoms. The van der Waals surface area contributed by atoms with E-state index >= 15 is 0 Å². The van der Waals surface area contributed by atoms with Crippen LogP contribution in [-0.2, 0) is 26.0 Å². The predicted octanol–water partition coefficient (Wildman–Crippen LogP) is 4.44. The summed E-state index contributed by atoms with van der Waals surface area (Å²) < 4.78 is 104. The maximum atomic E-state index is 14.8. The molecule has 2 heterocycles. The number of benzene rings is 3. The lowest BCUT2D eigenvalue weighted by Crippen LogP contribution is -2.51. The van der Waals surface area contributed by atoms with E-state index in [9.17, 15) is 45.1 Å². The number of esters is 1. The van der Waals surface area contributed by atoms with Crippen molar-refractivity contribution < 1.29 is 49.8 Å². The number of methoxy groups -OCH3 is 1. The molecule has 0 saturated heterocycles.